The first-order chi connectivity index (χ1) is 13.4. The van der Waals surface area contributed by atoms with E-state index in [4.69, 9.17) is 0 Å². The normalized spacial score (nSPS) is 14.8. The topological polar surface area (TPSA) is 84.7 Å². The summed E-state index contributed by atoms with van der Waals surface area (Å²) in [7, 11) is 0. The maximum absolute atomic E-state index is 12.7. The number of fused-ring (bicyclic) bond motifs is 1. The Labute approximate surface area is 159 Å². The zero-order valence-electron chi connectivity index (χ0n) is 15.1. The number of nitrogens with zero attached hydrogens (tertiary/aromatic N) is 4. The van der Waals surface area contributed by atoms with Crippen molar-refractivity contribution in [2.75, 3.05) is 10.6 Å². The monoisotopic (exact) mass is 382 g/mol. The zero-order chi connectivity index (χ0) is 19.8. The van der Waals surface area contributed by atoms with Gasteiger partial charge in [0.05, 0.1) is 41.2 Å². The van der Waals surface area contributed by atoms with E-state index in [0.29, 0.717) is 38.6 Å². The second kappa shape index (κ2) is 6.84. The number of aryl methyl sites for hydroxylation is 1. The summed E-state index contributed by atoms with van der Waals surface area (Å²) in [4.78, 5) is 21.1. The summed E-state index contributed by atoms with van der Waals surface area (Å²) in [5.74, 6) is -0.289. The van der Waals surface area contributed by atoms with E-state index in [-0.39, 0.29) is 5.91 Å². The second-order valence-electron chi connectivity index (χ2n) is 6.37. The molecule has 0 saturated carbocycles. The lowest BCUT2D eigenvalue weighted by Crippen LogP contribution is -2.08. The molecule has 0 bridgehead atoms. The number of anilines is 2. The van der Waals surface area contributed by atoms with Crippen molar-refractivity contribution in [3.63, 3.8) is 0 Å². The number of aromatic nitrogens is 4. The van der Waals surface area contributed by atoms with E-state index in [2.05, 4.69) is 25.7 Å². The number of alkyl halides is 2. The smallest absolute Gasteiger partial charge is 0.333 e. The molecule has 0 aromatic carbocycles. The lowest BCUT2D eigenvalue weighted by Gasteiger charge is -2.09. The van der Waals surface area contributed by atoms with Gasteiger partial charge in [-0.15, -0.1) is 0 Å². The Morgan fingerprint density at radius 2 is 2.07 bits per heavy atom. The van der Waals surface area contributed by atoms with E-state index in [9.17, 15) is 13.6 Å². The van der Waals surface area contributed by atoms with Gasteiger partial charge in [-0.2, -0.15) is 13.9 Å². The standard InChI is InChI=1S/C19H16F2N6O/c1-10-3-4-22-7-14(10)15-5-13-16(8-23-15)26-18(28)17(13)11(2)25-12-6-24-27(9-12)19(20)21/h3-9,19,25H,1-2H3,(H,26,28)/b17-11-. The predicted octanol–water partition coefficient (Wildman–Crippen LogP) is 3.84. The molecule has 0 saturated heterocycles. The van der Waals surface area contributed by atoms with Crippen molar-refractivity contribution in [1.29, 1.82) is 0 Å². The summed E-state index contributed by atoms with van der Waals surface area (Å²) < 4.78 is 25.9. The van der Waals surface area contributed by atoms with E-state index >= 15 is 0 Å². The Bertz CT molecular complexity index is 1110. The average Bonchev–Trinajstić information content (AvgIpc) is 3.25. The molecule has 0 aliphatic carbocycles. The number of carbonyl (C=O) groups excluding carboxylic acids is 1. The zero-order valence-corrected chi connectivity index (χ0v) is 15.1. The highest BCUT2D eigenvalue weighted by atomic mass is 19.3. The van der Waals surface area contributed by atoms with Crippen LogP contribution in [0.1, 0.15) is 24.6 Å². The molecule has 1 amide bonds. The molecule has 0 radical (unpaired) electrons. The van der Waals surface area contributed by atoms with Crippen molar-refractivity contribution in [2.45, 2.75) is 20.4 Å². The van der Waals surface area contributed by atoms with E-state index in [0.717, 1.165) is 11.1 Å². The van der Waals surface area contributed by atoms with Gasteiger partial charge in [-0.25, -0.2) is 4.68 Å². The minimum absolute atomic E-state index is 0.289. The van der Waals surface area contributed by atoms with Crippen LogP contribution in [0.2, 0.25) is 0 Å². The Morgan fingerprint density at radius 3 is 2.79 bits per heavy atom. The molecule has 4 rings (SSSR count). The van der Waals surface area contributed by atoms with E-state index in [1.165, 1.54) is 12.4 Å². The number of nitrogens with one attached hydrogen (secondary N) is 2. The van der Waals surface area contributed by atoms with E-state index in [1.54, 1.807) is 25.5 Å². The van der Waals surface area contributed by atoms with Crippen LogP contribution in [0.3, 0.4) is 0 Å². The molecule has 0 unspecified atom stereocenters. The molecule has 3 aromatic rings. The average molecular weight is 382 g/mol. The van der Waals surface area contributed by atoms with E-state index in [1.807, 2.05) is 19.1 Å². The van der Waals surface area contributed by atoms with Crippen molar-refractivity contribution in [2.24, 2.45) is 0 Å². The van der Waals surface area contributed by atoms with Crippen LogP contribution in [0, 0.1) is 6.92 Å². The van der Waals surface area contributed by atoms with Crippen LogP contribution in [0.5, 0.6) is 0 Å². The molecule has 28 heavy (non-hydrogen) atoms. The number of amides is 1. The lowest BCUT2D eigenvalue weighted by molar-refractivity contribution is -0.110. The van der Waals surface area contributed by atoms with Crippen molar-refractivity contribution in [3.05, 3.63) is 59.9 Å². The van der Waals surface area contributed by atoms with Crippen LogP contribution in [0.25, 0.3) is 16.8 Å². The van der Waals surface area contributed by atoms with Gasteiger partial charge in [-0.05, 0) is 31.5 Å². The van der Waals surface area contributed by atoms with Gasteiger partial charge in [-0.3, -0.25) is 14.8 Å². The first kappa shape index (κ1) is 17.8. The van der Waals surface area contributed by atoms with Crippen LogP contribution < -0.4 is 10.6 Å². The Kier molecular flexibility index (Phi) is 4.34. The van der Waals surface area contributed by atoms with Crippen molar-refractivity contribution in [3.8, 4) is 11.3 Å². The summed E-state index contributed by atoms with van der Waals surface area (Å²) in [6, 6.07) is 3.71. The molecule has 3 aromatic heterocycles. The fraction of sp³-hybridized carbons (Fsp3) is 0.158. The minimum Gasteiger partial charge on any atom is -0.356 e. The fourth-order valence-electron chi connectivity index (χ4n) is 3.11. The molecule has 7 nitrogen and oxygen atoms in total. The number of allylic oxidation sites excluding steroid dienone is 1. The number of hydrogen-bond donors (Lipinski definition) is 2. The summed E-state index contributed by atoms with van der Waals surface area (Å²) >= 11 is 0. The van der Waals surface area contributed by atoms with Gasteiger partial charge in [0.25, 0.3) is 5.91 Å². The summed E-state index contributed by atoms with van der Waals surface area (Å²) in [5.41, 5.74) is 5.15. The number of rotatable bonds is 4. The van der Waals surface area contributed by atoms with Gasteiger partial charge in [0.15, 0.2) is 0 Å². The van der Waals surface area contributed by atoms with Crippen LogP contribution in [0.15, 0.2) is 48.8 Å². The first-order valence-electron chi connectivity index (χ1n) is 8.47. The fourth-order valence-corrected chi connectivity index (χ4v) is 3.11. The van der Waals surface area contributed by atoms with Gasteiger partial charge in [-0.1, -0.05) is 0 Å². The maximum atomic E-state index is 12.7. The summed E-state index contributed by atoms with van der Waals surface area (Å²) in [6.07, 6.45) is 7.49. The van der Waals surface area contributed by atoms with Crippen LogP contribution >= 0.6 is 0 Å². The second-order valence-corrected chi connectivity index (χ2v) is 6.37. The number of carbonyl (C=O) groups is 1. The highest BCUT2D eigenvalue weighted by molar-refractivity contribution is 6.32. The van der Waals surface area contributed by atoms with Crippen LogP contribution in [0.4, 0.5) is 20.2 Å². The summed E-state index contributed by atoms with van der Waals surface area (Å²) in [5, 5.41) is 9.33. The molecule has 0 spiro atoms. The number of halogens is 2. The van der Waals surface area contributed by atoms with Crippen molar-refractivity contribution >= 4 is 22.9 Å². The third-order valence-corrected chi connectivity index (χ3v) is 4.47. The minimum atomic E-state index is -2.73. The molecule has 0 fully saturated rings. The van der Waals surface area contributed by atoms with Crippen LogP contribution in [-0.4, -0.2) is 25.7 Å². The SMILES string of the molecule is C/C(Nc1cnn(C(F)F)c1)=C1/C(=O)Nc2cnc(-c3cnccc3C)cc21. The van der Waals surface area contributed by atoms with Gasteiger partial charge in [0.1, 0.15) is 0 Å². The number of pyridine rings is 2. The highest BCUT2D eigenvalue weighted by Crippen LogP contribution is 2.36. The van der Waals surface area contributed by atoms with Gasteiger partial charge in [0, 0.05) is 29.2 Å². The van der Waals surface area contributed by atoms with E-state index < -0.39 is 6.55 Å². The first-order valence-corrected chi connectivity index (χ1v) is 8.47. The van der Waals surface area contributed by atoms with Gasteiger partial charge < -0.3 is 10.6 Å². The molecule has 1 aliphatic rings. The molecule has 1 aliphatic heterocycles. The maximum Gasteiger partial charge on any atom is 0.333 e. The lowest BCUT2D eigenvalue weighted by atomic mass is 10.0. The largest absolute Gasteiger partial charge is 0.356 e. The third-order valence-electron chi connectivity index (χ3n) is 4.47. The van der Waals surface area contributed by atoms with Crippen molar-refractivity contribution in [1.82, 2.24) is 19.7 Å². The van der Waals surface area contributed by atoms with Crippen LogP contribution in [-0.2, 0) is 4.79 Å². The molecule has 4 heterocycles. The Hall–Kier alpha value is -3.62. The van der Waals surface area contributed by atoms with Gasteiger partial charge >= 0.3 is 6.55 Å². The van der Waals surface area contributed by atoms with Crippen molar-refractivity contribution < 1.29 is 13.6 Å². The molecular weight excluding hydrogens is 366 g/mol. The van der Waals surface area contributed by atoms with Gasteiger partial charge in [0.2, 0.25) is 0 Å². The summed E-state index contributed by atoms with van der Waals surface area (Å²) in [6.45, 7) is 0.939. The predicted molar refractivity (Wildman–Crippen MR) is 101 cm³/mol. The quantitative estimate of drug-likeness (QED) is 0.670. The highest BCUT2D eigenvalue weighted by Gasteiger charge is 2.27. The molecule has 0 atom stereocenters. The molecule has 9 heteroatoms. The Morgan fingerprint density at radius 1 is 1.25 bits per heavy atom. The third kappa shape index (κ3) is 3.11. The Balaban J connectivity index is 1.73. The molecule has 2 N–H and O–H groups in total. The molecule has 142 valence electrons. The molecular formula is C19H16F2N6O. The number of hydrogen-bond acceptors (Lipinski definition) is 5.